The molecule has 2 N–H and O–H groups in total. The van der Waals surface area contributed by atoms with Gasteiger partial charge in [-0.3, -0.25) is 10.1 Å². The van der Waals surface area contributed by atoms with Crippen LogP contribution in [0.3, 0.4) is 0 Å². The molecule has 1 fully saturated rings. The molecule has 0 atom stereocenters. The molecule has 0 spiro atoms. The van der Waals surface area contributed by atoms with E-state index in [-0.39, 0.29) is 11.8 Å². The van der Waals surface area contributed by atoms with Crippen LogP contribution in [-0.4, -0.2) is 41.8 Å². The van der Waals surface area contributed by atoms with Gasteiger partial charge in [-0.2, -0.15) is 0 Å². The van der Waals surface area contributed by atoms with Gasteiger partial charge in [0.1, 0.15) is 11.6 Å². The molecular weight excluding hydrogens is 248 g/mol. The van der Waals surface area contributed by atoms with E-state index in [0.29, 0.717) is 17.6 Å². The van der Waals surface area contributed by atoms with Gasteiger partial charge in [0, 0.05) is 20.6 Å². The van der Waals surface area contributed by atoms with Crippen molar-refractivity contribution < 1.29 is 10.0 Å². The SMILES string of the molecule is CNc1cc([N+](=O)[O-])cc(N(C)CC2CC(O)C2)n1. The van der Waals surface area contributed by atoms with Gasteiger partial charge in [-0.15, -0.1) is 0 Å². The van der Waals surface area contributed by atoms with E-state index in [2.05, 4.69) is 10.3 Å². The minimum absolute atomic E-state index is 0.0230. The van der Waals surface area contributed by atoms with Crippen molar-refractivity contribution in [3.8, 4) is 0 Å². The first kappa shape index (κ1) is 13.5. The van der Waals surface area contributed by atoms with Crippen LogP contribution in [0.25, 0.3) is 0 Å². The fourth-order valence-corrected chi connectivity index (χ4v) is 2.26. The number of anilines is 2. The molecule has 2 rings (SSSR count). The smallest absolute Gasteiger partial charge is 0.276 e. The van der Waals surface area contributed by atoms with Gasteiger partial charge in [0.05, 0.1) is 23.2 Å². The van der Waals surface area contributed by atoms with Crippen molar-refractivity contribution in [2.24, 2.45) is 5.92 Å². The van der Waals surface area contributed by atoms with E-state index in [9.17, 15) is 15.2 Å². The summed E-state index contributed by atoms with van der Waals surface area (Å²) in [5.41, 5.74) is 0.0230. The van der Waals surface area contributed by atoms with E-state index >= 15 is 0 Å². The number of nitrogens with one attached hydrogen (secondary N) is 1. The Bertz CT molecular complexity index is 474. The third-order valence-electron chi connectivity index (χ3n) is 3.40. The molecule has 0 radical (unpaired) electrons. The second-order valence-corrected chi connectivity index (χ2v) is 4.95. The lowest BCUT2D eigenvalue weighted by Gasteiger charge is -2.34. The van der Waals surface area contributed by atoms with Crippen LogP contribution < -0.4 is 10.2 Å². The number of rotatable bonds is 5. The predicted molar refractivity (Wildman–Crippen MR) is 72.4 cm³/mol. The average molecular weight is 266 g/mol. The molecule has 104 valence electrons. The van der Waals surface area contributed by atoms with E-state index < -0.39 is 4.92 Å². The first-order valence-electron chi connectivity index (χ1n) is 6.23. The molecular formula is C12H18N4O3. The van der Waals surface area contributed by atoms with Gasteiger partial charge in [0.15, 0.2) is 0 Å². The molecule has 1 aromatic heterocycles. The number of aliphatic hydroxyl groups is 1. The summed E-state index contributed by atoms with van der Waals surface area (Å²) < 4.78 is 0. The van der Waals surface area contributed by atoms with E-state index in [4.69, 9.17) is 0 Å². The minimum Gasteiger partial charge on any atom is -0.393 e. The van der Waals surface area contributed by atoms with Crippen molar-refractivity contribution in [2.45, 2.75) is 18.9 Å². The normalized spacial score (nSPS) is 21.6. The van der Waals surface area contributed by atoms with Crippen LogP contribution in [0.2, 0.25) is 0 Å². The van der Waals surface area contributed by atoms with Gasteiger partial charge in [-0.05, 0) is 18.8 Å². The lowest BCUT2D eigenvalue weighted by molar-refractivity contribution is -0.384. The van der Waals surface area contributed by atoms with Crippen LogP contribution in [0.1, 0.15) is 12.8 Å². The summed E-state index contributed by atoms with van der Waals surface area (Å²) in [4.78, 5) is 16.7. The maximum absolute atomic E-state index is 10.9. The third-order valence-corrected chi connectivity index (χ3v) is 3.40. The highest BCUT2D eigenvalue weighted by Crippen LogP contribution is 2.30. The Morgan fingerprint density at radius 2 is 2.26 bits per heavy atom. The van der Waals surface area contributed by atoms with Crippen LogP contribution >= 0.6 is 0 Å². The predicted octanol–water partition coefficient (Wildman–Crippen LogP) is 1.24. The lowest BCUT2D eigenvalue weighted by Crippen LogP contribution is -2.37. The van der Waals surface area contributed by atoms with Crippen LogP contribution in [0.5, 0.6) is 0 Å². The van der Waals surface area contributed by atoms with Crippen molar-refractivity contribution in [3.63, 3.8) is 0 Å². The molecule has 7 nitrogen and oxygen atoms in total. The fraction of sp³-hybridized carbons (Fsp3) is 0.583. The van der Waals surface area contributed by atoms with Gasteiger partial charge in [-0.1, -0.05) is 0 Å². The third kappa shape index (κ3) is 3.11. The summed E-state index contributed by atoms with van der Waals surface area (Å²) >= 11 is 0. The topological polar surface area (TPSA) is 91.5 Å². The molecule has 0 amide bonds. The summed E-state index contributed by atoms with van der Waals surface area (Å²) in [6, 6.07) is 2.88. The van der Waals surface area contributed by atoms with E-state index in [1.807, 2.05) is 11.9 Å². The molecule has 1 heterocycles. The lowest BCUT2D eigenvalue weighted by atomic mass is 9.82. The minimum atomic E-state index is -0.424. The Hall–Kier alpha value is -1.89. The van der Waals surface area contributed by atoms with Crippen LogP contribution in [0, 0.1) is 16.0 Å². The number of aliphatic hydroxyl groups excluding tert-OH is 1. The second-order valence-electron chi connectivity index (χ2n) is 4.95. The van der Waals surface area contributed by atoms with Crippen molar-refractivity contribution in [3.05, 3.63) is 22.2 Å². The molecule has 19 heavy (non-hydrogen) atoms. The maximum Gasteiger partial charge on any atom is 0.276 e. The standard InChI is InChI=1S/C12H18N4O3/c1-13-11-5-9(16(18)19)6-12(14-11)15(2)7-8-3-10(17)4-8/h5-6,8,10,17H,3-4,7H2,1-2H3,(H,13,14). The zero-order valence-electron chi connectivity index (χ0n) is 11.0. The highest BCUT2D eigenvalue weighted by molar-refractivity contribution is 5.55. The fourth-order valence-electron chi connectivity index (χ4n) is 2.26. The van der Waals surface area contributed by atoms with Gasteiger partial charge in [0.25, 0.3) is 5.69 Å². The van der Waals surface area contributed by atoms with Crippen molar-refractivity contribution in [2.75, 3.05) is 30.9 Å². The van der Waals surface area contributed by atoms with Gasteiger partial charge < -0.3 is 15.3 Å². The van der Waals surface area contributed by atoms with E-state index in [0.717, 1.165) is 19.4 Å². The molecule has 1 aliphatic carbocycles. The van der Waals surface area contributed by atoms with E-state index in [1.54, 1.807) is 7.05 Å². The number of nitrogens with zero attached hydrogens (tertiary/aromatic N) is 3. The Kier molecular flexibility index (Phi) is 3.84. The Morgan fingerprint density at radius 3 is 2.79 bits per heavy atom. The molecule has 0 bridgehead atoms. The average Bonchev–Trinajstić information content (AvgIpc) is 2.36. The quantitative estimate of drug-likeness (QED) is 0.615. The van der Waals surface area contributed by atoms with Crippen LogP contribution in [0.4, 0.5) is 17.3 Å². The number of nitro groups is 1. The molecule has 1 aromatic rings. The van der Waals surface area contributed by atoms with Crippen LogP contribution in [-0.2, 0) is 0 Å². The van der Waals surface area contributed by atoms with Crippen molar-refractivity contribution in [1.29, 1.82) is 0 Å². The monoisotopic (exact) mass is 266 g/mol. The Balaban J connectivity index is 2.13. The number of pyridine rings is 1. The summed E-state index contributed by atoms with van der Waals surface area (Å²) in [5.74, 6) is 1.48. The highest BCUT2D eigenvalue weighted by Gasteiger charge is 2.28. The number of hydrogen-bond acceptors (Lipinski definition) is 6. The zero-order valence-corrected chi connectivity index (χ0v) is 11.0. The largest absolute Gasteiger partial charge is 0.393 e. The second kappa shape index (κ2) is 5.40. The van der Waals surface area contributed by atoms with Crippen molar-refractivity contribution >= 4 is 17.3 Å². The molecule has 0 saturated heterocycles. The van der Waals surface area contributed by atoms with Crippen molar-refractivity contribution in [1.82, 2.24) is 4.98 Å². The molecule has 1 saturated carbocycles. The van der Waals surface area contributed by atoms with Gasteiger partial charge >= 0.3 is 0 Å². The molecule has 0 unspecified atom stereocenters. The zero-order chi connectivity index (χ0) is 14.0. The Morgan fingerprint density at radius 1 is 1.58 bits per heavy atom. The van der Waals surface area contributed by atoms with E-state index in [1.165, 1.54) is 12.1 Å². The van der Waals surface area contributed by atoms with Crippen LogP contribution in [0.15, 0.2) is 12.1 Å². The molecule has 0 aliphatic heterocycles. The maximum atomic E-state index is 10.9. The first-order valence-corrected chi connectivity index (χ1v) is 6.23. The molecule has 7 heteroatoms. The summed E-state index contributed by atoms with van der Waals surface area (Å²) in [6.45, 7) is 0.744. The number of aromatic nitrogens is 1. The van der Waals surface area contributed by atoms with Gasteiger partial charge in [0.2, 0.25) is 0 Å². The molecule has 0 aromatic carbocycles. The number of hydrogen-bond donors (Lipinski definition) is 2. The highest BCUT2D eigenvalue weighted by atomic mass is 16.6. The summed E-state index contributed by atoms with van der Waals surface area (Å²) in [5, 5.41) is 23.0. The molecule has 1 aliphatic rings. The first-order chi connectivity index (χ1) is 8.99. The summed E-state index contributed by atoms with van der Waals surface area (Å²) in [6.07, 6.45) is 1.39. The van der Waals surface area contributed by atoms with Gasteiger partial charge in [-0.25, -0.2) is 4.98 Å². The summed E-state index contributed by atoms with van der Waals surface area (Å²) in [7, 11) is 3.54. The Labute approximate surface area is 111 Å².